The third-order valence-corrected chi connectivity index (χ3v) is 4.67. The van der Waals surface area contributed by atoms with Gasteiger partial charge in [0.05, 0.1) is 5.56 Å². The van der Waals surface area contributed by atoms with Gasteiger partial charge in [0.1, 0.15) is 11.7 Å². The van der Waals surface area contributed by atoms with Crippen LogP contribution in [-0.4, -0.2) is 47.9 Å². The first-order valence-electron chi connectivity index (χ1n) is 7.73. The van der Waals surface area contributed by atoms with Gasteiger partial charge < -0.3 is 5.73 Å². The topological polar surface area (TPSA) is 56.4 Å². The molecule has 2 aliphatic rings. The zero-order chi connectivity index (χ0) is 14.8. The summed E-state index contributed by atoms with van der Waals surface area (Å²) >= 11 is 0. The Hall–Kier alpha value is -1.46. The summed E-state index contributed by atoms with van der Waals surface area (Å²) in [6.07, 6.45) is 3.80. The van der Waals surface area contributed by atoms with Gasteiger partial charge >= 0.3 is 0 Å². The molecule has 0 bridgehead atoms. The van der Waals surface area contributed by atoms with Crippen LogP contribution in [0.4, 0.5) is 4.39 Å². The number of hydrogen-bond donors (Lipinski definition) is 2. The Bertz CT molecular complexity index is 525. The molecule has 1 atom stereocenters. The predicted octanol–water partition coefficient (Wildman–Crippen LogP) is 1.78. The summed E-state index contributed by atoms with van der Waals surface area (Å²) in [4.78, 5) is 4.88. The molecule has 2 aliphatic heterocycles. The minimum Gasteiger partial charge on any atom is -0.384 e. The second-order valence-corrected chi connectivity index (χ2v) is 6.11. The Labute approximate surface area is 125 Å². The van der Waals surface area contributed by atoms with Gasteiger partial charge in [0.2, 0.25) is 0 Å². The fourth-order valence-corrected chi connectivity index (χ4v) is 3.51. The van der Waals surface area contributed by atoms with Gasteiger partial charge in [0.25, 0.3) is 0 Å². The molecular weight excluding hydrogens is 267 g/mol. The SMILES string of the molecule is N=C(N)c1cccc(CN2CCC(N3CCCC3)C2)c1F. The van der Waals surface area contributed by atoms with Crippen molar-refractivity contribution in [1.29, 1.82) is 5.41 Å². The van der Waals surface area contributed by atoms with Gasteiger partial charge in [-0.05, 0) is 38.4 Å². The third-order valence-electron chi connectivity index (χ3n) is 4.67. The Morgan fingerprint density at radius 2 is 2.05 bits per heavy atom. The van der Waals surface area contributed by atoms with Gasteiger partial charge in [-0.2, -0.15) is 0 Å². The average molecular weight is 290 g/mol. The molecule has 114 valence electrons. The molecule has 1 unspecified atom stereocenters. The lowest BCUT2D eigenvalue weighted by Crippen LogP contribution is -2.35. The van der Waals surface area contributed by atoms with Crippen molar-refractivity contribution in [2.75, 3.05) is 26.2 Å². The fourth-order valence-electron chi connectivity index (χ4n) is 3.51. The zero-order valence-electron chi connectivity index (χ0n) is 12.3. The Kier molecular flexibility index (Phi) is 4.22. The van der Waals surface area contributed by atoms with Crippen molar-refractivity contribution in [3.8, 4) is 0 Å². The van der Waals surface area contributed by atoms with E-state index in [1.54, 1.807) is 18.2 Å². The lowest BCUT2D eigenvalue weighted by Gasteiger charge is -2.24. The van der Waals surface area contributed by atoms with E-state index in [1.807, 2.05) is 0 Å². The number of nitrogens with one attached hydrogen (secondary N) is 1. The normalized spacial score (nSPS) is 23.8. The van der Waals surface area contributed by atoms with Crippen LogP contribution in [0.15, 0.2) is 18.2 Å². The largest absolute Gasteiger partial charge is 0.384 e. The molecule has 0 spiro atoms. The van der Waals surface area contributed by atoms with Crippen molar-refractivity contribution < 1.29 is 4.39 Å². The van der Waals surface area contributed by atoms with Crippen LogP contribution >= 0.6 is 0 Å². The predicted molar refractivity (Wildman–Crippen MR) is 81.9 cm³/mol. The minimum atomic E-state index is -0.338. The van der Waals surface area contributed by atoms with E-state index >= 15 is 0 Å². The highest BCUT2D eigenvalue weighted by molar-refractivity contribution is 5.95. The van der Waals surface area contributed by atoms with Crippen molar-refractivity contribution in [2.45, 2.75) is 31.8 Å². The number of rotatable bonds is 4. The van der Waals surface area contributed by atoms with E-state index in [-0.39, 0.29) is 17.2 Å². The number of benzene rings is 1. The van der Waals surface area contributed by atoms with Gasteiger partial charge in [-0.3, -0.25) is 15.2 Å². The molecule has 3 N–H and O–H groups in total. The Morgan fingerprint density at radius 3 is 2.76 bits per heavy atom. The van der Waals surface area contributed by atoms with Gasteiger partial charge in [0, 0.05) is 31.2 Å². The van der Waals surface area contributed by atoms with Crippen LogP contribution in [0.25, 0.3) is 0 Å². The van der Waals surface area contributed by atoms with E-state index in [2.05, 4.69) is 9.80 Å². The van der Waals surface area contributed by atoms with Crippen LogP contribution < -0.4 is 5.73 Å². The van der Waals surface area contributed by atoms with Gasteiger partial charge in [-0.25, -0.2) is 4.39 Å². The second-order valence-electron chi connectivity index (χ2n) is 6.11. The number of nitrogen functional groups attached to an aromatic ring is 1. The molecule has 0 saturated carbocycles. The molecule has 4 nitrogen and oxygen atoms in total. The molecule has 0 aliphatic carbocycles. The quantitative estimate of drug-likeness (QED) is 0.656. The number of halogens is 1. The number of nitrogens with zero attached hydrogens (tertiary/aromatic N) is 2. The van der Waals surface area contributed by atoms with Gasteiger partial charge in [-0.1, -0.05) is 12.1 Å². The molecule has 0 aromatic heterocycles. The molecule has 1 aromatic carbocycles. The maximum Gasteiger partial charge on any atom is 0.138 e. The Morgan fingerprint density at radius 1 is 1.29 bits per heavy atom. The number of nitrogens with two attached hydrogens (primary N) is 1. The molecule has 1 aromatic rings. The van der Waals surface area contributed by atoms with E-state index in [4.69, 9.17) is 11.1 Å². The van der Waals surface area contributed by atoms with Crippen LogP contribution in [0.2, 0.25) is 0 Å². The molecular formula is C16H23FN4. The smallest absolute Gasteiger partial charge is 0.138 e. The first-order chi connectivity index (χ1) is 10.1. The maximum absolute atomic E-state index is 14.3. The summed E-state index contributed by atoms with van der Waals surface area (Å²) in [6.45, 7) is 5.07. The Balaban J connectivity index is 1.65. The summed E-state index contributed by atoms with van der Waals surface area (Å²) in [5, 5.41) is 7.42. The van der Waals surface area contributed by atoms with Crippen molar-refractivity contribution >= 4 is 5.84 Å². The lowest BCUT2D eigenvalue weighted by molar-refractivity contribution is 0.229. The molecule has 2 heterocycles. The molecule has 21 heavy (non-hydrogen) atoms. The summed E-state index contributed by atoms with van der Waals surface area (Å²) in [5.74, 6) is -0.541. The van der Waals surface area contributed by atoms with Crippen LogP contribution in [-0.2, 0) is 6.54 Å². The van der Waals surface area contributed by atoms with E-state index < -0.39 is 0 Å². The van der Waals surface area contributed by atoms with Crippen molar-refractivity contribution in [3.05, 3.63) is 35.1 Å². The highest BCUT2D eigenvalue weighted by Crippen LogP contribution is 2.23. The van der Waals surface area contributed by atoms with Gasteiger partial charge in [0.15, 0.2) is 0 Å². The van der Waals surface area contributed by atoms with Crippen molar-refractivity contribution in [3.63, 3.8) is 0 Å². The fraction of sp³-hybridized carbons (Fsp3) is 0.562. The van der Waals surface area contributed by atoms with E-state index in [9.17, 15) is 4.39 Å². The molecule has 0 amide bonds. The molecule has 3 rings (SSSR count). The second kappa shape index (κ2) is 6.12. The van der Waals surface area contributed by atoms with Crippen LogP contribution in [0.5, 0.6) is 0 Å². The molecule has 2 fully saturated rings. The van der Waals surface area contributed by atoms with Gasteiger partial charge in [-0.15, -0.1) is 0 Å². The number of hydrogen-bond acceptors (Lipinski definition) is 3. The van der Waals surface area contributed by atoms with E-state index in [0.29, 0.717) is 18.2 Å². The van der Waals surface area contributed by atoms with Crippen molar-refractivity contribution in [1.82, 2.24) is 9.80 Å². The summed E-state index contributed by atoms with van der Waals surface area (Å²) in [5.41, 5.74) is 6.27. The van der Waals surface area contributed by atoms with E-state index in [1.165, 1.54) is 32.4 Å². The summed E-state index contributed by atoms with van der Waals surface area (Å²) in [6, 6.07) is 5.78. The first-order valence-corrected chi connectivity index (χ1v) is 7.73. The van der Waals surface area contributed by atoms with Crippen molar-refractivity contribution in [2.24, 2.45) is 5.73 Å². The van der Waals surface area contributed by atoms with Crippen LogP contribution in [0.3, 0.4) is 0 Å². The number of amidine groups is 1. The molecule has 2 saturated heterocycles. The summed E-state index contributed by atoms with van der Waals surface area (Å²) in [7, 11) is 0. The monoisotopic (exact) mass is 290 g/mol. The highest BCUT2D eigenvalue weighted by atomic mass is 19.1. The van der Waals surface area contributed by atoms with Crippen LogP contribution in [0.1, 0.15) is 30.4 Å². The highest BCUT2D eigenvalue weighted by Gasteiger charge is 2.29. The standard InChI is InChI=1S/C16H23FN4/c17-15-12(4-3-5-14(15)16(18)19)10-20-9-6-13(11-20)21-7-1-2-8-21/h3-5,13H,1-2,6-11H2,(H3,18,19). The minimum absolute atomic E-state index is 0.203. The average Bonchev–Trinajstić information content (AvgIpc) is 3.11. The zero-order valence-corrected chi connectivity index (χ0v) is 12.3. The lowest BCUT2D eigenvalue weighted by atomic mass is 10.1. The van der Waals surface area contributed by atoms with Crippen LogP contribution in [0, 0.1) is 11.2 Å². The molecule has 5 heteroatoms. The summed E-state index contributed by atoms with van der Waals surface area (Å²) < 4.78 is 14.3. The third kappa shape index (κ3) is 3.09. The first kappa shape index (κ1) is 14.5. The number of likely N-dealkylation sites (tertiary alicyclic amines) is 2. The molecule has 0 radical (unpaired) electrons. The maximum atomic E-state index is 14.3. The van der Waals surface area contributed by atoms with E-state index in [0.717, 1.165) is 13.1 Å².